The fraction of sp³-hybridized carbons (Fsp3) is 0.909. The number of nitrogens with two attached hydrogens (primary N) is 1. The van der Waals surface area contributed by atoms with E-state index in [0.717, 1.165) is 13.1 Å². The number of hydrazine groups is 1. The average molecular weight is 228 g/mol. The minimum absolute atomic E-state index is 0.0599. The molecule has 1 atom stereocenters. The van der Waals surface area contributed by atoms with E-state index in [1.54, 1.807) is 0 Å². The van der Waals surface area contributed by atoms with Gasteiger partial charge in [-0.1, -0.05) is 6.42 Å². The van der Waals surface area contributed by atoms with Gasteiger partial charge < -0.3 is 11.1 Å². The van der Waals surface area contributed by atoms with Crippen LogP contribution in [0, 0.1) is 0 Å². The van der Waals surface area contributed by atoms with Crippen LogP contribution < -0.4 is 16.5 Å². The van der Waals surface area contributed by atoms with E-state index in [4.69, 9.17) is 5.73 Å². The third kappa shape index (κ3) is 4.92. The molecule has 1 saturated heterocycles. The van der Waals surface area contributed by atoms with Gasteiger partial charge in [0.2, 0.25) is 5.91 Å². The molecule has 0 aromatic carbocycles. The number of hydrogen-bond acceptors (Lipinski definition) is 4. The smallest absolute Gasteiger partial charge is 0.221 e. The van der Waals surface area contributed by atoms with Crippen molar-refractivity contribution in [2.45, 2.75) is 38.6 Å². The van der Waals surface area contributed by atoms with Crippen LogP contribution in [-0.4, -0.2) is 43.1 Å². The highest BCUT2D eigenvalue weighted by Gasteiger charge is 2.16. The standard InChI is InChI=1S/C11H24N4O/c1-2-13-11(16)8-10(9-12)14-15-6-4-3-5-7-15/h10,14H,2-9,12H2,1H3,(H,13,16). The summed E-state index contributed by atoms with van der Waals surface area (Å²) in [5.74, 6) is 0.0717. The third-order valence-corrected chi connectivity index (χ3v) is 2.81. The van der Waals surface area contributed by atoms with Gasteiger partial charge in [-0.3, -0.25) is 10.2 Å². The number of rotatable bonds is 6. The summed E-state index contributed by atoms with van der Waals surface area (Å²) in [6.07, 6.45) is 4.22. The largest absolute Gasteiger partial charge is 0.356 e. The van der Waals surface area contributed by atoms with Gasteiger partial charge in [0.1, 0.15) is 0 Å². The maximum absolute atomic E-state index is 11.4. The quantitative estimate of drug-likeness (QED) is 0.590. The predicted octanol–water partition coefficient (Wildman–Crippen LogP) is -0.170. The van der Waals surface area contributed by atoms with E-state index in [2.05, 4.69) is 15.8 Å². The van der Waals surface area contributed by atoms with E-state index in [-0.39, 0.29) is 11.9 Å². The Kier molecular flexibility index (Phi) is 6.37. The minimum atomic E-state index is 0.0599. The number of carbonyl (C=O) groups excluding carboxylic acids is 1. The second-order valence-corrected chi connectivity index (χ2v) is 4.27. The minimum Gasteiger partial charge on any atom is -0.356 e. The zero-order valence-corrected chi connectivity index (χ0v) is 10.2. The summed E-state index contributed by atoms with van der Waals surface area (Å²) in [6, 6.07) is 0.0599. The summed E-state index contributed by atoms with van der Waals surface area (Å²) in [5, 5.41) is 4.99. The Balaban J connectivity index is 2.27. The maximum atomic E-state index is 11.4. The number of carbonyl (C=O) groups is 1. The molecular weight excluding hydrogens is 204 g/mol. The highest BCUT2D eigenvalue weighted by atomic mass is 16.1. The number of piperidine rings is 1. The molecule has 0 aromatic rings. The molecule has 1 unspecified atom stereocenters. The summed E-state index contributed by atoms with van der Waals surface area (Å²) in [7, 11) is 0. The molecule has 94 valence electrons. The Morgan fingerprint density at radius 3 is 2.62 bits per heavy atom. The molecule has 0 radical (unpaired) electrons. The molecular formula is C11H24N4O. The number of hydrogen-bond donors (Lipinski definition) is 3. The molecule has 1 aliphatic heterocycles. The lowest BCUT2D eigenvalue weighted by Gasteiger charge is -2.31. The van der Waals surface area contributed by atoms with Crippen LogP contribution in [0.1, 0.15) is 32.6 Å². The Morgan fingerprint density at radius 1 is 1.38 bits per heavy atom. The van der Waals surface area contributed by atoms with Crippen molar-refractivity contribution in [3.05, 3.63) is 0 Å². The van der Waals surface area contributed by atoms with Gasteiger partial charge in [-0.05, 0) is 19.8 Å². The van der Waals surface area contributed by atoms with Crippen molar-refractivity contribution in [2.24, 2.45) is 5.73 Å². The normalized spacial score (nSPS) is 19.4. The van der Waals surface area contributed by atoms with Crippen molar-refractivity contribution >= 4 is 5.91 Å². The van der Waals surface area contributed by atoms with E-state index in [1.807, 2.05) is 6.92 Å². The monoisotopic (exact) mass is 228 g/mol. The van der Waals surface area contributed by atoms with Crippen molar-refractivity contribution < 1.29 is 4.79 Å². The molecule has 1 amide bonds. The molecule has 5 heteroatoms. The molecule has 16 heavy (non-hydrogen) atoms. The molecule has 0 saturated carbocycles. The Bertz CT molecular complexity index is 204. The van der Waals surface area contributed by atoms with Crippen LogP contribution >= 0.6 is 0 Å². The molecule has 0 aromatic heterocycles. The molecule has 1 aliphatic rings. The van der Waals surface area contributed by atoms with Gasteiger partial charge in [-0.2, -0.15) is 0 Å². The lowest BCUT2D eigenvalue weighted by molar-refractivity contribution is -0.121. The van der Waals surface area contributed by atoms with Gasteiger partial charge in [0, 0.05) is 38.6 Å². The summed E-state index contributed by atoms with van der Waals surface area (Å²) in [6.45, 7) is 5.22. The van der Waals surface area contributed by atoms with E-state index >= 15 is 0 Å². The molecule has 1 fully saturated rings. The van der Waals surface area contributed by atoms with Gasteiger partial charge in [0.05, 0.1) is 0 Å². The molecule has 0 spiro atoms. The second-order valence-electron chi connectivity index (χ2n) is 4.27. The summed E-state index contributed by atoms with van der Waals surface area (Å²) < 4.78 is 0. The van der Waals surface area contributed by atoms with Crippen molar-refractivity contribution in [2.75, 3.05) is 26.2 Å². The predicted molar refractivity (Wildman–Crippen MR) is 64.7 cm³/mol. The molecule has 1 rings (SSSR count). The van der Waals surface area contributed by atoms with Gasteiger partial charge >= 0.3 is 0 Å². The first kappa shape index (κ1) is 13.4. The Morgan fingerprint density at radius 2 is 2.06 bits per heavy atom. The number of amides is 1. The van der Waals surface area contributed by atoms with Gasteiger partial charge in [0.15, 0.2) is 0 Å². The van der Waals surface area contributed by atoms with Crippen LogP contribution in [-0.2, 0) is 4.79 Å². The zero-order valence-electron chi connectivity index (χ0n) is 10.2. The first-order valence-electron chi connectivity index (χ1n) is 6.24. The molecule has 0 aliphatic carbocycles. The molecule has 4 N–H and O–H groups in total. The lowest BCUT2D eigenvalue weighted by Crippen LogP contribution is -2.51. The first-order chi connectivity index (χ1) is 7.76. The van der Waals surface area contributed by atoms with Gasteiger partial charge in [0.25, 0.3) is 0 Å². The second kappa shape index (κ2) is 7.60. The topological polar surface area (TPSA) is 70.4 Å². The average Bonchev–Trinajstić information content (AvgIpc) is 2.30. The molecule has 5 nitrogen and oxygen atoms in total. The van der Waals surface area contributed by atoms with E-state index in [0.29, 0.717) is 19.5 Å². The third-order valence-electron chi connectivity index (χ3n) is 2.81. The molecule has 1 heterocycles. The van der Waals surface area contributed by atoms with Crippen LogP contribution in [0.3, 0.4) is 0 Å². The van der Waals surface area contributed by atoms with Crippen LogP contribution in [0.15, 0.2) is 0 Å². The summed E-state index contributed by atoms with van der Waals surface area (Å²) >= 11 is 0. The number of nitrogens with one attached hydrogen (secondary N) is 2. The van der Waals surface area contributed by atoms with Crippen molar-refractivity contribution in [1.82, 2.24) is 15.8 Å². The maximum Gasteiger partial charge on any atom is 0.221 e. The van der Waals surface area contributed by atoms with Crippen LogP contribution in [0.4, 0.5) is 0 Å². The van der Waals surface area contributed by atoms with Gasteiger partial charge in [-0.15, -0.1) is 0 Å². The molecule has 0 bridgehead atoms. The van der Waals surface area contributed by atoms with E-state index in [9.17, 15) is 4.79 Å². The summed E-state index contributed by atoms with van der Waals surface area (Å²) in [5.41, 5.74) is 9.01. The first-order valence-corrected chi connectivity index (χ1v) is 6.24. The highest BCUT2D eigenvalue weighted by molar-refractivity contribution is 5.76. The SMILES string of the molecule is CCNC(=O)CC(CN)NN1CCCCC1. The van der Waals surface area contributed by atoms with Crippen LogP contribution in [0.2, 0.25) is 0 Å². The Hall–Kier alpha value is -0.650. The zero-order chi connectivity index (χ0) is 11.8. The van der Waals surface area contributed by atoms with Crippen LogP contribution in [0.25, 0.3) is 0 Å². The highest BCUT2D eigenvalue weighted by Crippen LogP contribution is 2.06. The van der Waals surface area contributed by atoms with Crippen LogP contribution in [0.5, 0.6) is 0 Å². The summed E-state index contributed by atoms with van der Waals surface area (Å²) in [4.78, 5) is 11.4. The fourth-order valence-electron chi connectivity index (χ4n) is 1.96. The van der Waals surface area contributed by atoms with Crippen molar-refractivity contribution in [3.8, 4) is 0 Å². The van der Waals surface area contributed by atoms with Crippen molar-refractivity contribution in [1.29, 1.82) is 0 Å². The van der Waals surface area contributed by atoms with Crippen molar-refractivity contribution in [3.63, 3.8) is 0 Å². The van der Waals surface area contributed by atoms with E-state index < -0.39 is 0 Å². The Labute approximate surface area is 97.7 Å². The van der Waals surface area contributed by atoms with Gasteiger partial charge in [-0.25, -0.2) is 5.01 Å². The van der Waals surface area contributed by atoms with E-state index in [1.165, 1.54) is 19.3 Å². The lowest BCUT2D eigenvalue weighted by atomic mass is 10.1. The number of nitrogens with zero attached hydrogens (tertiary/aromatic N) is 1. The fourth-order valence-corrected chi connectivity index (χ4v) is 1.96.